The summed E-state index contributed by atoms with van der Waals surface area (Å²) in [4.78, 5) is 12.0. The predicted octanol–water partition coefficient (Wildman–Crippen LogP) is 0.677. The monoisotopic (exact) mass is 341 g/mol. The van der Waals surface area contributed by atoms with E-state index in [0.29, 0.717) is 18.2 Å². The maximum Gasteiger partial charge on any atom is 0.240 e. The summed E-state index contributed by atoms with van der Waals surface area (Å²) in [6, 6.07) is 6.07. The first kappa shape index (κ1) is 17.9. The Hall–Kier alpha value is -1.48. The van der Waals surface area contributed by atoms with Gasteiger partial charge in [-0.3, -0.25) is 4.79 Å². The average molecular weight is 341 g/mol. The molecular weight excluding hydrogens is 318 g/mol. The number of anilines is 1. The van der Waals surface area contributed by atoms with Gasteiger partial charge < -0.3 is 15.8 Å². The number of hydrogen-bond donors (Lipinski definition) is 3. The largest absolute Gasteiger partial charge is 0.380 e. The van der Waals surface area contributed by atoms with Gasteiger partial charge in [-0.05, 0) is 43.0 Å². The molecule has 2 rings (SSSR count). The number of nitrogens with two attached hydrogens (primary N) is 1. The van der Waals surface area contributed by atoms with E-state index in [1.807, 2.05) is 0 Å². The minimum Gasteiger partial charge on any atom is -0.380 e. The lowest BCUT2D eigenvalue weighted by atomic mass is 10.2. The van der Waals surface area contributed by atoms with Gasteiger partial charge in [0, 0.05) is 25.9 Å². The molecule has 0 bridgehead atoms. The fraction of sp³-hybridized carbons (Fsp3) is 0.533. The van der Waals surface area contributed by atoms with Crippen molar-refractivity contribution in [3.8, 4) is 0 Å². The van der Waals surface area contributed by atoms with Crippen molar-refractivity contribution in [2.45, 2.75) is 30.3 Å². The fourth-order valence-electron chi connectivity index (χ4n) is 2.03. The summed E-state index contributed by atoms with van der Waals surface area (Å²) in [6.45, 7) is 0.742. The Morgan fingerprint density at radius 2 is 2.00 bits per heavy atom. The summed E-state index contributed by atoms with van der Waals surface area (Å²) in [5.41, 5.74) is 6.00. The van der Waals surface area contributed by atoms with E-state index >= 15 is 0 Å². The second-order valence-corrected chi connectivity index (χ2v) is 7.43. The van der Waals surface area contributed by atoms with Gasteiger partial charge in [0.15, 0.2) is 0 Å². The lowest BCUT2D eigenvalue weighted by Gasteiger charge is -2.13. The van der Waals surface area contributed by atoms with Crippen molar-refractivity contribution < 1.29 is 17.9 Å². The maximum absolute atomic E-state index is 12.1. The molecule has 7 nitrogen and oxygen atoms in total. The number of carbonyl (C=O) groups is 1. The Labute approximate surface area is 136 Å². The third-order valence-electron chi connectivity index (χ3n) is 3.72. The quantitative estimate of drug-likeness (QED) is 0.612. The van der Waals surface area contributed by atoms with Crippen LogP contribution in [0.4, 0.5) is 5.69 Å². The van der Waals surface area contributed by atoms with Crippen LogP contribution in [0.5, 0.6) is 0 Å². The Bertz CT molecular complexity index is 623. The summed E-state index contributed by atoms with van der Waals surface area (Å²) in [6.07, 6.45) is 1.98. The number of benzene rings is 1. The van der Waals surface area contributed by atoms with E-state index < -0.39 is 10.0 Å². The number of sulfonamides is 1. The normalized spacial score (nSPS) is 16.1. The first-order valence-corrected chi connectivity index (χ1v) is 9.05. The highest BCUT2D eigenvalue weighted by molar-refractivity contribution is 7.89. The van der Waals surface area contributed by atoms with Crippen molar-refractivity contribution in [1.82, 2.24) is 4.72 Å². The molecule has 0 spiro atoms. The predicted molar refractivity (Wildman–Crippen MR) is 87.5 cm³/mol. The summed E-state index contributed by atoms with van der Waals surface area (Å²) in [5.74, 6) is 0.240. The molecule has 1 amide bonds. The van der Waals surface area contributed by atoms with Crippen LogP contribution in [0.3, 0.4) is 0 Å². The first-order valence-electron chi connectivity index (χ1n) is 7.57. The zero-order valence-electron chi connectivity index (χ0n) is 13.1. The molecule has 0 aliphatic heterocycles. The topological polar surface area (TPSA) is 111 Å². The summed E-state index contributed by atoms with van der Waals surface area (Å²) >= 11 is 0. The molecule has 0 aromatic heterocycles. The van der Waals surface area contributed by atoms with Gasteiger partial charge in [0.2, 0.25) is 15.9 Å². The number of ether oxygens (including phenoxy) is 1. The lowest BCUT2D eigenvalue weighted by Crippen LogP contribution is -2.28. The second kappa shape index (κ2) is 7.87. The first-order chi connectivity index (χ1) is 10.9. The third kappa shape index (κ3) is 5.58. The van der Waals surface area contributed by atoms with Crippen molar-refractivity contribution in [3.05, 3.63) is 24.3 Å². The van der Waals surface area contributed by atoms with Gasteiger partial charge in [-0.15, -0.1) is 0 Å². The molecule has 1 aromatic rings. The molecule has 128 valence electrons. The Balaban J connectivity index is 1.91. The van der Waals surface area contributed by atoms with Crippen molar-refractivity contribution in [2.24, 2.45) is 11.7 Å². The molecule has 0 heterocycles. The summed E-state index contributed by atoms with van der Waals surface area (Å²) < 4.78 is 31.8. The van der Waals surface area contributed by atoms with Crippen LogP contribution in [-0.4, -0.2) is 40.6 Å². The Morgan fingerprint density at radius 1 is 1.35 bits per heavy atom. The highest BCUT2D eigenvalue weighted by Crippen LogP contribution is 2.28. The van der Waals surface area contributed by atoms with Gasteiger partial charge in [-0.25, -0.2) is 13.1 Å². The summed E-state index contributed by atoms with van der Waals surface area (Å²) in [7, 11) is -1.99. The number of hydrogen-bond acceptors (Lipinski definition) is 5. The van der Waals surface area contributed by atoms with E-state index in [9.17, 15) is 13.2 Å². The molecule has 1 aliphatic rings. The van der Waals surface area contributed by atoms with Gasteiger partial charge in [-0.2, -0.15) is 0 Å². The highest BCUT2D eigenvalue weighted by atomic mass is 32.2. The van der Waals surface area contributed by atoms with Crippen LogP contribution in [0.25, 0.3) is 0 Å². The molecule has 1 aromatic carbocycles. The van der Waals surface area contributed by atoms with E-state index in [4.69, 9.17) is 10.5 Å². The maximum atomic E-state index is 12.1. The molecule has 1 aliphatic carbocycles. The van der Waals surface area contributed by atoms with E-state index in [1.165, 1.54) is 19.2 Å². The standard InChI is InChI=1S/C15H23N3O4S/c1-22-13(9-16)8-15(19)18-12-4-6-14(7-5-12)23(20,21)17-10-11-2-3-11/h4-7,11,13,17H,2-3,8-10,16H2,1H3,(H,18,19). The van der Waals surface area contributed by atoms with Crippen molar-refractivity contribution in [1.29, 1.82) is 0 Å². The molecule has 0 saturated heterocycles. The van der Waals surface area contributed by atoms with E-state index in [1.54, 1.807) is 12.1 Å². The lowest BCUT2D eigenvalue weighted by molar-refractivity contribution is -0.118. The van der Waals surface area contributed by atoms with E-state index in [0.717, 1.165) is 12.8 Å². The van der Waals surface area contributed by atoms with Gasteiger partial charge in [0.25, 0.3) is 0 Å². The fourth-order valence-corrected chi connectivity index (χ4v) is 3.15. The van der Waals surface area contributed by atoms with Gasteiger partial charge in [0.05, 0.1) is 17.4 Å². The molecule has 1 saturated carbocycles. The zero-order chi connectivity index (χ0) is 16.9. The number of rotatable bonds is 9. The average Bonchev–Trinajstić information content (AvgIpc) is 3.35. The SMILES string of the molecule is COC(CN)CC(=O)Nc1ccc(S(=O)(=O)NCC2CC2)cc1. The smallest absolute Gasteiger partial charge is 0.240 e. The number of carbonyl (C=O) groups excluding carboxylic acids is 1. The molecule has 0 radical (unpaired) electrons. The zero-order valence-corrected chi connectivity index (χ0v) is 13.9. The van der Waals surface area contributed by atoms with Crippen LogP contribution in [0.1, 0.15) is 19.3 Å². The van der Waals surface area contributed by atoms with E-state index in [2.05, 4.69) is 10.0 Å². The third-order valence-corrected chi connectivity index (χ3v) is 5.16. The molecule has 23 heavy (non-hydrogen) atoms. The van der Waals surface area contributed by atoms with Gasteiger partial charge in [0.1, 0.15) is 0 Å². The van der Waals surface area contributed by atoms with Crippen molar-refractivity contribution >= 4 is 21.6 Å². The van der Waals surface area contributed by atoms with Crippen molar-refractivity contribution in [3.63, 3.8) is 0 Å². The molecule has 1 atom stereocenters. The second-order valence-electron chi connectivity index (χ2n) is 5.67. The van der Waals surface area contributed by atoms with Gasteiger partial charge >= 0.3 is 0 Å². The Kier molecular flexibility index (Phi) is 6.11. The molecular formula is C15H23N3O4S. The Morgan fingerprint density at radius 3 is 2.52 bits per heavy atom. The van der Waals surface area contributed by atoms with Crippen LogP contribution >= 0.6 is 0 Å². The van der Waals surface area contributed by atoms with Crippen LogP contribution in [0.2, 0.25) is 0 Å². The van der Waals surface area contributed by atoms with Gasteiger partial charge in [-0.1, -0.05) is 0 Å². The molecule has 8 heteroatoms. The molecule has 1 unspecified atom stereocenters. The van der Waals surface area contributed by atoms with Crippen LogP contribution < -0.4 is 15.8 Å². The molecule has 4 N–H and O–H groups in total. The summed E-state index contributed by atoms with van der Waals surface area (Å²) in [5, 5.41) is 2.69. The highest BCUT2D eigenvalue weighted by Gasteiger charge is 2.24. The van der Waals surface area contributed by atoms with Crippen LogP contribution in [-0.2, 0) is 19.6 Å². The molecule has 1 fully saturated rings. The minimum atomic E-state index is -3.49. The van der Waals surface area contributed by atoms with E-state index in [-0.39, 0.29) is 29.9 Å². The number of nitrogens with one attached hydrogen (secondary N) is 2. The van der Waals surface area contributed by atoms with Crippen LogP contribution in [0, 0.1) is 5.92 Å². The number of methoxy groups -OCH3 is 1. The minimum absolute atomic E-state index is 0.149. The number of amides is 1. The van der Waals surface area contributed by atoms with Crippen LogP contribution in [0.15, 0.2) is 29.2 Å². The van der Waals surface area contributed by atoms with Crippen molar-refractivity contribution in [2.75, 3.05) is 25.5 Å².